The topological polar surface area (TPSA) is 38.8 Å². The van der Waals surface area contributed by atoms with Crippen LogP contribution in [0.4, 0.5) is 0 Å². The molecule has 2 atom stereocenters. The molecule has 0 aromatic carbocycles. The highest BCUT2D eigenvalue weighted by Gasteiger charge is 2.51. The molecule has 0 aromatic rings. The summed E-state index contributed by atoms with van der Waals surface area (Å²) in [5.41, 5.74) is 0. The summed E-state index contributed by atoms with van der Waals surface area (Å²) >= 11 is 0. The Balaban J connectivity index is 1.74. The van der Waals surface area contributed by atoms with Crippen LogP contribution < -0.4 is 0 Å². The lowest BCUT2D eigenvalue weighted by molar-refractivity contribution is -0.133. The number of hydrogen-bond donors (Lipinski definition) is 0. The molecule has 2 rings (SSSR count). The number of ether oxygens (including phenoxy) is 2. The minimum Gasteiger partial charge on any atom is -0.435 e. The molecule has 0 N–H and O–H groups in total. The van der Waals surface area contributed by atoms with E-state index in [2.05, 4.69) is 4.74 Å². The molecule has 1 saturated carbocycles. The average molecular weight is 128 g/mol. The van der Waals surface area contributed by atoms with Gasteiger partial charge in [0.15, 0.2) is 0 Å². The standard InChI is InChI=1S/C6H8O3/c7-3-8-6-5(9-6)4-1-2-4/h3-6H,1-2H2. The maximum Gasteiger partial charge on any atom is 0.295 e. The largest absolute Gasteiger partial charge is 0.435 e. The van der Waals surface area contributed by atoms with Gasteiger partial charge in [-0.05, 0) is 18.8 Å². The summed E-state index contributed by atoms with van der Waals surface area (Å²) in [5.74, 6) is 0.690. The molecule has 9 heavy (non-hydrogen) atoms. The van der Waals surface area contributed by atoms with Gasteiger partial charge in [-0.15, -0.1) is 0 Å². The molecule has 3 nitrogen and oxygen atoms in total. The minimum absolute atomic E-state index is 0.199. The van der Waals surface area contributed by atoms with Gasteiger partial charge in [0.25, 0.3) is 6.47 Å². The first-order chi connectivity index (χ1) is 4.42. The molecule has 50 valence electrons. The second-order valence-corrected chi connectivity index (χ2v) is 2.54. The van der Waals surface area contributed by atoms with E-state index in [9.17, 15) is 4.79 Å². The van der Waals surface area contributed by atoms with E-state index in [-0.39, 0.29) is 12.4 Å². The van der Waals surface area contributed by atoms with Crippen molar-refractivity contribution in [2.75, 3.05) is 0 Å². The predicted molar refractivity (Wildman–Crippen MR) is 28.5 cm³/mol. The minimum atomic E-state index is -0.199. The molecular formula is C6H8O3. The second-order valence-electron chi connectivity index (χ2n) is 2.54. The van der Waals surface area contributed by atoms with E-state index in [4.69, 9.17) is 4.74 Å². The van der Waals surface area contributed by atoms with Crippen LogP contribution in [0.5, 0.6) is 0 Å². The summed E-state index contributed by atoms with van der Waals surface area (Å²) in [5, 5.41) is 0. The first-order valence-electron chi connectivity index (χ1n) is 3.16. The van der Waals surface area contributed by atoms with E-state index in [1.807, 2.05) is 0 Å². The zero-order chi connectivity index (χ0) is 6.27. The molecule has 0 bridgehead atoms. The third-order valence-electron chi connectivity index (χ3n) is 1.76. The molecule has 1 saturated heterocycles. The molecule has 2 fully saturated rings. The average Bonchev–Trinajstić information content (AvgIpc) is 2.58. The summed E-state index contributed by atoms with van der Waals surface area (Å²) in [6.45, 7) is 0.451. The van der Waals surface area contributed by atoms with Crippen molar-refractivity contribution in [3.8, 4) is 0 Å². The Morgan fingerprint density at radius 3 is 2.89 bits per heavy atom. The molecule has 2 aliphatic rings. The highest BCUT2D eigenvalue weighted by atomic mass is 16.8. The summed E-state index contributed by atoms with van der Waals surface area (Å²) in [6, 6.07) is 0. The summed E-state index contributed by atoms with van der Waals surface area (Å²) < 4.78 is 9.59. The normalized spacial score (nSPS) is 40.0. The highest BCUT2D eigenvalue weighted by Crippen LogP contribution is 2.44. The van der Waals surface area contributed by atoms with Crippen molar-refractivity contribution in [3.63, 3.8) is 0 Å². The number of rotatable bonds is 3. The van der Waals surface area contributed by atoms with Gasteiger partial charge < -0.3 is 9.47 Å². The molecule has 1 heterocycles. The highest BCUT2D eigenvalue weighted by molar-refractivity contribution is 5.37. The van der Waals surface area contributed by atoms with Crippen molar-refractivity contribution in [2.24, 2.45) is 5.92 Å². The van der Waals surface area contributed by atoms with Crippen LogP contribution in [0.25, 0.3) is 0 Å². The van der Waals surface area contributed by atoms with Crippen LogP contribution in [0, 0.1) is 5.92 Å². The Bertz CT molecular complexity index is 130. The fourth-order valence-corrected chi connectivity index (χ4v) is 1.03. The lowest BCUT2D eigenvalue weighted by Crippen LogP contribution is -1.99. The van der Waals surface area contributed by atoms with Gasteiger partial charge in [-0.25, -0.2) is 0 Å². The smallest absolute Gasteiger partial charge is 0.295 e. The van der Waals surface area contributed by atoms with Crippen LogP contribution in [0.1, 0.15) is 12.8 Å². The van der Waals surface area contributed by atoms with E-state index in [0.29, 0.717) is 12.4 Å². The summed E-state index contributed by atoms with van der Waals surface area (Å²) in [7, 11) is 0. The fourth-order valence-electron chi connectivity index (χ4n) is 1.03. The molecule has 0 spiro atoms. The first-order valence-corrected chi connectivity index (χ1v) is 3.16. The van der Waals surface area contributed by atoms with E-state index in [1.54, 1.807) is 0 Å². The van der Waals surface area contributed by atoms with Crippen LogP contribution in [0.15, 0.2) is 0 Å². The van der Waals surface area contributed by atoms with Crippen molar-refractivity contribution < 1.29 is 14.3 Å². The molecule has 0 aromatic heterocycles. The van der Waals surface area contributed by atoms with Crippen molar-refractivity contribution in [3.05, 3.63) is 0 Å². The number of epoxide rings is 1. The van der Waals surface area contributed by atoms with Crippen LogP contribution >= 0.6 is 0 Å². The van der Waals surface area contributed by atoms with Gasteiger partial charge in [-0.2, -0.15) is 0 Å². The molecule has 1 aliphatic heterocycles. The van der Waals surface area contributed by atoms with E-state index in [0.717, 1.165) is 0 Å². The van der Waals surface area contributed by atoms with Crippen molar-refractivity contribution >= 4 is 6.47 Å². The fraction of sp³-hybridized carbons (Fsp3) is 0.833. The monoisotopic (exact) mass is 128 g/mol. The maximum atomic E-state index is 9.74. The lowest BCUT2D eigenvalue weighted by Gasteiger charge is -1.85. The first kappa shape index (κ1) is 5.23. The van der Waals surface area contributed by atoms with Gasteiger partial charge >= 0.3 is 0 Å². The summed E-state index contributed by atoms with van der Waals surface area (Å²) in [4.78, 5) is 9.74. The van der Waals surface area contributed by atoms with Crippen LogP contribution in [0.2, 0.25) is 0 Å². The van der Waals surface area contributed by atoms with Gasteiger partial charge in [-0.1, -0.05) is 0 Å². The van der Waals surface area contributed by atoms with E-state index < -0.39 is 0 Å². The predicted octanol–water partition coefficient (Wildman–Crippen LogP) is 0.294. The maximum absolute atomic E-state index is 9.74. The Morgan fingerprint density at radius 1 is 1.56 bits per heavy atom. The molecule has 0 radical (unpaired) electrons. The Hall–Kier alpha value is -0.570. The van der Waals surface area contributed by atoms with Gasteiger partial charge in [0.2, 0.25) is 6.29 Å². The Labute approximate surface area is 52.9 Å². The van der Waals surface area contributed by atoms with Gasteiger partial charge in [0.1, 0.15) is 6.10 Å². The number of hydrogen-bond acceptors (Lipinski definition) is 3. The Morgan fingerprint density at radius 2 is 2.33 bits per heavy atom. The van der Waals surface area contributed by atoms with Crippen molar-refractivity contribution in [2.45, 2.75) is 25.2 Å². The summed E-state index contributed by atoms with van der Waals surface area (Å²) in [6.07, 6.45) is 2.53. The van der Waals surface area contributed by atoms with Crippen LogP contribution in [0.3, 0.4) is 0 Å². The molecule has 2 unspecified atom stereocenters. The SMILES string of the molecule is O=COC1OC1C1CC1. The van der Waals surface area contributed by atoms with E-state index in [1.165, 1.54) is 12.8 Å². The molecular weight excluding hydrogens is 120 g/mol. The molecule has 1 aliphatic carbocycles. The zero-order valence-electron chi connectivity index (χ0n) is 4.95. The third-order valence-corrected chi connectivity index (χ3v) is 1.76. The third kappa shape index (κ3) is 0.920. The van der Waals surface area contributed by atoms with Crippen molar-refractivity contribution in [1.82, 2.24) is 0 Å². The lowest BCUT2D eigenvalue weighted by atomic mass is 10.3. The van der Waals surface area contributed by atoms with Crippen LogP contribution in [-0.2, 0) is 14.3 Å². The quantitative estimate of drug-likeness (QED) is 0.405. The number of carbonyl (C=O) groups is 1. The van der Waals surface area contributed by atoms with Crippen molar-refractivity contribution in [1.29, 1.82) is 0 Å². The zero-order valence-corrected chi connectivity index (χ0v) is 4.95. The molecule has 3 heteroatoms. The second kappa shape index (κ2) is 1.70. The Kier molecular flexibility index (Phi) is 0.990. The van der Waals surface area contributed by atoms with Gasteiger partial charge in [0, 0.05) is 0 Å². The molecule has 0 amide bonds. The van der Waals surface area contributed by atoms with Crippen LogP contribution in [-0.4, -0.2) is 18.9 Å². The van der Waals surface area contributed by atoms with Gasteiger partial charge in [-0.3, -0.25) is 4.79 Å². The number of carbonyl (C=O) groups excluding carboxylic acids is 1. The van der Waals surface area contributed by atoms with Gasteiger partial charge in [0.05, 0.1) is 0 Å². The van der Waals surface area contributed by atoms with E-state index >= 15 is 0 Å².